The van der Waals surface area contributed by atoms with Gasteiger partial charge >= 0.3 is 0 Å². The van der Waals surface area contributed by atoms with E-state index < -0.39 is 0 Å². The fraction of sp³-hybridized carbons (Fsp3) is 0.316. The Bertz CT molecular complexity index is 705. The van der Waals surface area contributed by atoms with E-state index in [9.17, 15) is 4.79 Å². The number of halogens is 1. The van der Waals surface area contributed by atoms with Crippen molar-refractivity contribution in [3.05, 3.63) is 58.6 Å². The predicted octanol–water partition coefficient (Wildman–Crippen LogP) is 3.93. The molecule has 0 atom stereocenters. The summed E-state index contributed by atoms with van der Waals surface area (Å²) in [4.78, 5) is 15.4. The number of likely N-dealkylation sites (N-methyl/N-ethyl adjacent to an activating group) is 1. The smallest absolute Gasteiger partial charge is 0.253 e. The van der Waals surface area contributed by atoms with E-state index in [-0.39, 0.29) is 5.91 Å². The van der Waals surface area contributed by atoms with Gasteiger partial charge in [-0.3, -0.25) is 4.79 Å². The van der Waals surface area contributed by atoms with Crippen LogP contribution in [0, 0.1) is 0 Å². The Morgan fingerprint density at radius 2 is 1.92 bits per heavy atom. The summed E-state index contributed by atoms with van der Waals surface area (Å²) < 4.78 is 5.66. The molecule has 0 bridgehead atoms. The fourth-order valence-electron chi connectivity index (χ4n) is 2.13. The molecule has 4 nitrogen and oxygen atoms in total. The third-order valence-electron chi connectivity index (χ3n) is 3.60. The van der Waals surface area contributed by atoms with E-state index >= 15 is 0 Å². The lowest BCUT2D eigenvalue weighted by Gasteiger charge is -2.12. The monoisotopic (exact) mass is 378 g/mol. The van der Waals surface area contributed by atoms with Gasteiger partial charge in [-0.05, 0) is 56.2 Å². The molecule has 0 radical (unpaired) electrons. The normalized spacial score (nSPS) is 10.8. The van der Waals surface area contributed by atoms with Crippen LogP contribution in [0.15, 0.2) is 47.4 Å². The van der Waals surface area contributed by atoms with E-state index in [1.165, 1.54) is 0 Å². The Morgan fingerprint density at radius 1 is 1.20 bits per heavy atom. The predicted molar refractivity (Wildman–Crippen MR) is 105 cm³/mol. The van der Waals surface area contributed by atoms with E-state index in [1.54, 1.807) is 17.8 Å². The van der Waals surface area contributed by atoms with Crippen LogP contribution in [-0.2, 0) is 6.54 Å². The molecule has 25 heavy (non-hydrogen) atoms. The van der Waals surface area contributed by atoms with Crippen LogP contribution >= 0.6 is 23.4 Å². The summed E-state index contributed by atoms with van der Waals surface area (Å²) in [5.41, 5.74) is 1.50. The van der Waals surface area contributed by atoms with Crippen molar-refractivity contribution in [2.45, 2.75) is 11.4 Å². The van der Waals surface area contributed by atoms with Crippen LogP contribution in [0.1, 0.15) is 15.9 Å². The number of ether oxygens (including phenoxy) is 1. The molecule has 0 heterocycles. The highest BCUT2D eigenvalue weighted by Crippen LogP contribution is 2.23. The number of hydrogen-bond donors (Lipinski definition) is 1. The van der Waals surface area contributed by atoms with Crippen molar-refractivity contribution in [2.24, 2.45) is 0 Å². The lowest BCUT2D eigenvalue weighted by atomic mass is 10.2. The zero-order valence-corrected chi connectivity index (χ0v) is 16.3. The minimum absolute atomic E-state index is 0.174. The maximum Gasteiger partial charge on any atom is 0.253 e. The first kappa shape index (κ1) is 19.6. The standard InChI is InChI=1S/C19H23ClN2O2S/c1-22(2)10-11-24-15-6-4-14(5-7-15)13-21-19(23)17-12-16(25-3)8-9-18(17)20/h4-9,12H,10-11,13H2,1-3H3,(H,21,23). The van der Waals surface area contributed by atoms with E-state index in [0.29, 0.717) is 23.7 Å². The molecule has 0 aliphatic carbocycles. The Balaban J connectivity index is 1.89. The van der Waals surface area contributed by atoms with Crippen LogP contribution in [0.3, 0.4) is 0 Å². The number of amides is 1. The SMILES string of the molecule is CSc1ccc(Cl)c(C(=O)NCc2ccc(OCCN(C)C)cc2)c1. The molecule has 0 unspecified atom stereocenters. The molecule has 0 aromatic heterocycles. The zero-order chi connectivity index (χ0) is 18.2. The minimum atomic E-state index is -0.174. The van der Waals surface area contributed by atoms with Gasteiger partial charge in [0.2, 0.25) is 0 Å². The van der Waals surface area contributed by atoms with E-state index in [0.717, 1.165) is 22.8 Å². The van der Waals surface area contributed by atoms with Gasteiger partial charge < -0.3 is 15.0 Å². The van der Waals surface area contributed by atoms with Gasteiger partial charge in [-0.25, -0.2) is 0 Å². The van der Waals surface area contributed by atoms with E-state index in [1.807, 2.05) is 56.7 Å². The number of carbonyl (C=O) groups is 1. The Morgan fingerprint density at radius 3 is 2.56 bits per heavy atom. The van der Waals surface area contributed by atoms with Crippen LogP contribution in [-0.4, -0.2) is 44.3 Å². The fourth-order valence-corrected chi connectivity index (χ4v) is 2.78. The molecular weight excluding hydrogens is 356 g/mol. The lowest BCUT2D eigenvalue weighted by molar-refractivity contribution is 0.0951. The quantitative estimate of drug-likeness (QED) is 0.706. The van der Waals surface area contributed by atoms with E-state index in [4.69, 9.17) is 16.3 Å². The summed E-state index contributed by atoms with van der Waals surface area (Å²) in [7, 11) is 4.02. The summed E-state index contributed by atoms with van der Waals surface area (Å²) in [5, 5.41) is 3.36. The average molecular weight is 379 g/mol. The second-order valence-corrected chi connectivity index (χ2v) is 7.11. The first-order valence-electron chi connectivity index (χ1n) is 7.98. The van der Waals surface area contributed by atoms with Crippen molar-refractivity contribution in [3.63, 3.8) is 0 Å². The van der Waals surface area contributed by atoms with Gasteiger partial charge in [0, 0.05) is 18.0 Å². The highest BCUT2D eigenvalue weighted by atomic mass is 35.5. The van der Waals surface area contributed by atoms with Crippen LogP contribution in [0.2, 0.25) is 5.02 Å². The van der Waals surface area contributed by atoms with Crippen molar-refractivity contribution in [2.75, 3.05) is 33.5 Å². The number of thioether (sulfide) groups is 1. The highest BCUT2D eigenvalue weighted by molar-refractivity contribution is 7.98. The van der Waals surface area contributed by atoms with Crippen LogP contribution in [0.5, 0.6) is 5.75 Å². The molecule has 0 fully saturated rings. The average Bonchev–Trinajstić information content (AvgIpc) is 2.61. The number of nitrogens with one attached hydrogen (secondary N) is 1. The maximum atomic E-state index is 12.3. The molecule has 1 N–H and O–H groups in total. The third kappa shape index (κ3) is 6.27. The molecule has 2 rings (SSSR count). The molecule has 134 valence electrons. The largest absolute Gasteiger partial charge is 0.492 e. The van der Waals surface area contributed by atoms with Gasteiger partial charge in [0.1, 0.15) is 12.4 Å². The summed E-state index contributed by atoms with van der Waals surface area (Å²) in [6, 6.07) is 13.2. The number of carbonyl (C=O) groups excluding carboxylic acids is 1. The van der Waals surface area contributed by atoms with Crippen molar-refractivity contribution in [1.82, 2.24) is 10.2 Å². The topological polar surface area (TPSA) is 41.6 Å². The molecular formula is C19H23ClN2O2S. The summed E-state index contributed by atoms with van der Waals surface area (Å²) in [6.45, 7) is 1.96. The zero-order valence-electron chi connectivity index (χ0n) is 14.7. The van der Waals surface area contributed by atoms with Crippen molar-refractivity contribution in [1.29, 1.82) is 0 Å². The second-order valence-electron chi connectivity index (χ2n) is 5.82. The van der Waals surface area contributed by atoms with Gasteiger partial charge in [-0.15, -0.1) is 11.8 Å². The van der Waals surface area contributed by atoms with E-state index in [2.05, 4.69) is 10.2 Å². The molecule has 2 aromatic carbocycles. The van der Waals surface area contributed by atoms with Crippen molar-refractivity contribution in [3.8, 4) is 5.75 Å². The van der Waals surface area contributed by atoms with Crippen LogP contribution < -0.4 is 10.1 Å². The highest BCUT2D eigenvalue weighted by Gasteiger charge is 2.11. The first-order valence-corrected chi connectivity index (χ1v) is 9.58. The number of rotatable bonds is 8. The Labute approximate surface area is 158 Å². The van der Waals surface area contributed by atoms with Gasteiger partial charge in [0.05, 0.1) is 10.6 Å². The summed E-state index contributed by atoms with van der Waals surface area (Å²) >= 11 is 7.71. The van der Waals surface area contributed by atoms with Gasteiger partial charge in [0.25, 0.3) is 5.91 Å². The molecule has 0 saturated carbocycles. The third-order valence-corrected chi connectivity index (χ3v) is 4.66. The number of nitrogens with zero attached hydrogens (tertiary/aromatic N) is 1. The molecule has 1 amide bonds. The van der Waals surface area contributed by atoms with Crippen LogP contribution in [0.25, 0.3) is 0 Å². The molecule has 0 saturated heterocycles. The molecule has 6 heteroatoms. The lowest BCUT2D eigenvalue weighted by Crippen LogP contribution is -2.23. The Kier molecular flexibility index (Phi) is 7.62. The van der Waals surface area contributed by atoms with Crippen molar-refractivity contribution >= 4 is 29.3 Å². The van der Waals surface area contributed by atoms with Crippen molar-refractivity contribution < 1.29 is 9.53 Å². The first-order chi connectivity index (χ1) is 12.0. The van der Waals surface area contributed by atoms with Gasteiger partial charge in [0.15, 0.2) is 0 Å². The summed E-state index contributed by atoms with van der Waals surface area (Å²) in [6.07, 6.45) is 1.97. The molecule has 0 aliphatic heterocycles. The summed E-state index contributed by atoms with van der Waals surface area (Å²) in [5.74, 6) is 0.653. The van der Waals surface area contributed by atoms with Gasteiger partial charge in [-0.2, -0.15) is 0 Å². The second kappa shape index (κ2) is 9.70. The Hall–Kier alpha value is -1.69. The number of hydrogen-bond acceptors (Lipinski definition) is 4. The molecule has 0 aliphatic rings. The molecule has 0 spiro atoms. The molecule has 2 aromatic rings. The number of benzene rings is 2. The minimum Gasteiger partial charge on any atom is -0.492 e. The van der Waals surface area contributed by atoms with Gasteiger partial charge in [-0.1, -0.05) is 23.7 Å². The maximum absolute atomic E-state index is 12.3. The van der Waals surface area contributed by atoms with Crippen LogP contribution in [0.4, 0.5) is 0 Å².